The number of allylic oxidation sites excluding steroid dienone is 2. The van der Waals surface area contributed by atoms with E-state index in [2.05, 4.69) is 0 Å². The second-order valence-corrected chi connectivity index (χ2v) is 9.03. The molecule has 0 bridgehead atoms. The lowest BCUT2D eigenvalue weighted by molar-refractivity contribution is -0.155. The van der Waals surface area contributed by atoms with Crippen LogP contribution < -0.4 is 0 Å². The summed E-state index contributed by atoms with van der Waals surface area (Å²) in [5.41, 5.74) is 0.539. The smallest absolute Gasteiger partial charge is 0.308 e. The van der Waals surface area contributed by atoms with E-state index in [1.807, 2.05) is 63.3 Å². The van der Waals surface area contributed by atoms with Gasteiger partial charge >= 0.3 is 5.97 Å². The molecule has 1 aliphatic heterocycles. The number of benzene rings is 1. The van der Waals surface area contributed by atoms with Crippen LogP contribution in [-0.2, 0) is 30.5 Å². The van der Waals surface area contributed by atoms with Gasteiger partial charge in [0, 0.05) is 18.6 Å². The maximum Gasteiger partial charge on any atom is 0.308 e. The molecule has 1 aromatic rings. The van der Waals surface area contributed by atoms with E-state index in [1.165, 1.54) is 4.90 Å². The molecule has 0 radical (unpaired) electrons. The topological polar surface area (TPSA) is 84.0 Å². The molecule has 0 saturated carbocycles. The summed E-state index contributed by atoms with van der Waals surface area (Å²) in [5.74, 6) is -1.96. The molecule has 0 spiro atoms. The first-order valence-electron chi connectivity index (χ1n) is 10.7. The van der Waals surface area contributed by atoms with Crippen molar-refractivity contribution in [2.75, 3.05) is 13.2 Å². The molecule has 1 heterocycles. The number of nitrogens with zero attached hydrogens (tertiary/aromatic N) is 2. The van der Waals surface area contributed by atoms with E-state index in [1.54, 1.807) is 4.90 Å². The Bertz CT molecular complexity index is 846. The second kappa shape index (κ2) is 9.45. The Kier molecular flexibility index (Phi) is 6.93. The molecule has 1 aliphatic carbocycles. The molecule has 2 aliphatic rings. The fraction of sp³-hybridized carbons (Fsp3) is 0.500. The van der Waals surface area contributed by atoms with Crippen molar-refractivity contribution >= 4 is 23.7 Å². The minimum Gasteiger partial charge on any atom is -0.456 e. The first-order valence-corrected chi connectivity index (χ1v) is 10.7. The number of carbonyl (C=O) groups excluding carboxylic acids is 4. The van der Waals surface area contributed by atoms with E-state index in [9.17, 15) is 19.2 Å². The third kappa shape index (κ3) is 5.40. The number of imide groups is 1. The first-order chi connectivity index (χ1) is 14.7. The van der Waals surface area contributed by atoms with Gasteiger partial charge in [-0.15, -0.1) is 0 Å². The molecule has 3 amide bonds. The van der Waals surface area contributed by atoms with Crippen LogP contribution in [0.25, 0.3) is 0 Å². The summed E-state index contributed by atoms with van der Waals surface area (Å²) in [6.07, 6.45) is 4.85. The quantitative estimate of drug-likeness (QED) is 0.380. The number of hydrogen-bond acceptors (Lipinski definition) is 5. The molecule has 2 atom stereocenters. The molecule has 0 N–H and O–H groups in total. The Morgan fingerprint density at radius 3 is 2.16 bits per heavy atom. The summed E-state index contributed by atoms with van der Waals surface area (Å²) >= 11 is 0. The van der Waals surface area contributed by atoms with E-state index in [0.717, 1.165) is 5.56 Å². The molecular formula is C24H30N2O5. The van der Waals surface area contributed by atoms with Gasteiger partial charge in [-0.2, -0.15) is 0 Å². The number of fused-ring (bicyclic) bond motifs is 1. The predicted octanol–water partition coefficient (Wildman–Crippen LogP) is 2.70. The lowest BCUT2D eigenvalue weighted by Gasteiger charge is -2.35. The third-order valence-electron chi connectivity index (χ3n) is 5.79. The number of amides is 3. The zero-order chi connectivity index (χ0) is 22.6. The van der Waals surface area contributed by atoms with Crippen molar-refractivity contribution in [1.29, 1.82) is 0 Å². The third-order valence-corrected chi connectivity index (χ3v) is 5.79. The zero-order valence-corrected chi connectivity index (χ0v) is 18.4. The Morgan fingerprint density at radius 1 is 1.03 bits per heavy atom. The van der Waals surface area contributed by atoms with Gasteiger partial charge in [0.25, 0.3) is 5.91 Å². The van der Waals surface area contributed by atoms with Crippen LogP contribution in [0.1, 0.15) is 45.6 Å². The normalized spacial score (nSPS) is 20.5. The minimum absolute atomic E-state index is 0.00924. The molecule has 0 aromatic heterocycles. The Hall–Kier alpha value is -2.96. The summed E-state index contributed by atoms with van der Waals surface area (Å²) in [7, 11) is 0. The minimum atomic E-state index is -0.601. The van der Waals surface area contributed by atoms with Crippen molar-refractivity contribution in [3.8, 4) is 0 Å². The fourth-order valence-corrected chi connectivity index (χ4v) is 4.05. The van der Waals surface area contributed by atoms with E-state index in [0.29, 0.717) is 19.4 Å². The highest BCUT2D eigenvalue weighted by molar-refractivity contribution is 6.05. The van der Waals surface area contributed by atoms with Crippen molar-refractivity contribution < 1.29 is 23.9 Å². The average Bonchev–Trinajstić information content (AvgIpc) is 2.99. The number of likely N-dealkylation sites (tertiary alicyclic amines) is 1. The van der Waals surface area contributed by atoms with Crippen molar-refractivity contribution in [2.45, 2.75) is 52.1 Å². The molecule has 7 heteroatoms. The maximum atomic E-state index is 12.8. The van der Waals surface area contributed by atoms with Crippen LogP contribution in [0.15, 0.2) is 42.5 Å². The summed E-state index contributed by atoms with van der Waals surface area (Å²) in [6, 6.07) is 9.61. The van der Waals surface area contributed by atoms with Gasteiger partial charge in [-0.05, 0) is 39.2 Å². The maximum absolute atomic E-state index is 12.8. The van der Waals surface area contributed by atoms with E-state index in [-0.39, 0.29) is 49.1 Å². The molecule has 166 valence electrons. The van der Waals surface area contributed by atoms with Gasteiger partial charge < -0.3 is 9.64 Å². The van der Waals surface area contributed by atoms with E-state index >= 15 is 0 Å². The SMILES string of the molecule is CC(C)(C)N(Cc1ccccc1)C(=O)COC(=O)CCN1C(=O)[C@H]2CC=CC[C@@H]2C1=O. The Balaban J connectivity index is 1.50. The molecule has 1 fully saturated rings. The van der Waals surface area contributed by atoms with Crippen molar-refractivity contribution in [3.63, 3.8) is 0 Å². The number of carbonyl (C=O) groups is 4. The van der Waals surface area contributed by atoms with Crippen LogP contribution >= 0.6 is 0 Å². The van der Waals surface area contributed by atoms with E-state index < -0.39 is 11.5 Å². The predicted molar refractivity (Wildman–Crippen MR) is 114 cm³/mol. The second-order valence-electron chi connectivity index (χ2n) is 9.03. The summed E-state index contributed by atoms with van der Waals surface area (Å²) in [6.45, 7) is 5.80. The monoisotopic (exact) mass is 426 g/mol. The van der Waals surface area contributed by atoms with Crippen LogP contribution in [0.3, 0.4) is 0 Å². The molecular weight excluding hydrogens is 396 g/mol. The molecule has 0 unspecified atom stereocenters. The molecule has 7 nitrogen and oxygen atoms in total. The van der Waals surface area contributed by atoms with Crippen LogP contribution in [0.5, 0.6) is 0 Å². The van der Waals surface area contributed by atoms with Gasteiger partial charge in [0.05, 0.1) is 18.3 Å². The average molecular weight is 427 g/mol. The van der Waals surface area contributed by atoms with Gasteiger partial charge in [-0.25, -0.2) is 0 Å². The number of ether oxygens (including phenoxy) is 1. The number of hydrogen-bond donors (Lipinski definition) is 0. The summed E-state index contributed by atoms with van der Waals surface area (Å²) in [5, 5.41) is 0. The fourth-order valence-electron chi connectivity index (χ4n) is 4.05. The Labute approximate surface area is 183 Å². The van der Waals surface area contributed by atoms with Crippen LogP contribution in [0.2, 0.25) is 0 Å². The van der Waals surface area contributed by atoms with Gasteiger partial charge in [-0.3, -0.25) is 24.1 Å². The van der Waals surface area contributed by atoms with Crippen molar-refractivity contribution in [3.05, 3.63) is 48.0 Å². The molecule has 31 heavy (non-hydrogen) atoms. The molecule has 3 rings (SSSR count). The van der Waals surface area contributed by atoms with Crippen molar-refractivity contribution in [2.24, 2.45) is 11.8 Å². The van der Waals surface area contributed by atoms with Gasteiger partial charge in [0.15, 0.2) is 6.61 Å². The summed E-state index contributed by atoms with van der Waals surface area (Å²) < 4.78 is 5.17. The van der Waals surface area contributed by atoms with Crippen molar-refractivity contribution in [1.82, 2.24) is 9.80 Å². The lowest BCUT2D eigenvalue weighted by atomic mass is 9.85. The number of rotatable bonds is 7. The molecule has 1 saturated heterocycles. The largest absolute Gasteiger partial charge is 0.456 e. The number of esters is 1. The molecule has 1 aromatic carbocycles. The summed E-state index contributed by atoms with van der Waals surface area (Å²) in [4.78, 5) is 52.7. The zero-order valence-electron chi connectivity index (χ0n) is 18.4. The standard InChI is InChI=1S/C24H30N2O5/c1-24(2,3)26(15-17-9-5-4-6-10-17)20(27)16-31-21(28)13-14-25-22(29)18-11-7-8-12-19(18)23(25)30/h4-10,18-19H,11-16H2,1-3H3/t18-,19-/m0/s1. The van der Waals surface area contributed by atoms with Crippen LogP contribution in [0.4, 0.5) is 0 Å². The van der Waals surface area contributed by atoms with Crippen LogP contribution in [-0.4, -0.2) is 52.2 Å². The lowest BCUT2D eigenvalue weighted by Crippen LogP contribution is -2.47. The highest BCUT2D eigenvalue weighted by Crippen LogP contribution is 2.35. The van der Waals surface area contributed by atoms with Crippen LogP contribution in [0, 0.1) is 11.8 Å². The van der Waals surface area contributed by atoms with Gasteiger partial charge in [0.1, 0.15) is 0 Å². The first kappa shape index (κ1) is 22.7. The van der Waals surface area contributed by atoms with Gasteiger partial charge in [-0.1, -0.05) is 42.5 Å². The highest BCUT2D eigenvalue weighted by Gasteiger charge is 2.47. The van der Waals surface area contributed by atoms with Gasteiger partial charge in [0.2, 0.25) is 11.8 Å². The Morgan fingerprint density at radius 2 is 1.61 bits per heavy atom. The highest BCUT2D eigenvalue weighted by atomic mass is 16.5. The van der Waals surface area contributed by atoms with E-state index in [4.69, 9.17) is 4.74 Å².